The molecule has 13 heteroatoms. The molecule has 4 fully saturated rings. The zero-order chi connectivity index (χ0) is 29.6. The number of piperazine rings is 3. The fourth-order valence-corrected chi connectivity index (χ4v) is 11.0. The fourth-order valence-electron chi connectivity index (χ4n) is 7.70. The Labute approximate surface area is 248 Å². The van der Waals surface area contributed by atoms with E-state index < -0.39 is 39.3 Å². The highest BCUT2D eigenvalue weighted by Crippen LogP contribution is 2.52. The summed E-state index contributed by atoms with van der Waals surface area (Å²) in [5, 5.41) is 25.0. The van der Waals surface area contributed by atoms with Crippen molar-refractivity contribution in [2.45, 2.75) is 29.7 Å². The van der Waals surface area contributed by atoms with Crippen LogP contribution in [0.3, 0.4) is 0 Å². The third-order valence-electron chi connectivity index (χ3n) is 10.3. The van der Waals surface area contributed by atoms with Gasteiger partial charge in [0.1, 0.15) is 52.5 Å². The van der Waals surface area contributed by atoms with Crippen molar-refractivity contribution < 1.29 is 41.6 Å². The molecule has 8 rings (SSSR count). The van der Waals surface area contributed by atoms with Gasteiger partial charge >= 0.3 is 0 Å². The van der Waals surface area contributed by atoms with Gasteiger partial charge in [0.2, 0.25) is 5.91 Å². The van der Waals surface area contributed by atoms with Crippen LogP contribution in [0, 0.1) is 5.92 Å². The maximum absolute atomic E-state index is 13.8. The summed E-state index contributed by atoms with van der Waals surface area (Å²) in [6.07, 6.45) is -0.426. The van der Waals surface area contributed by atoms with Gasteiger partial charge < -0.3 is 24.0 Å². The summed E-state index contributed by atoms with van der Waals surface area (Å²) in [6.45, 7) is 8.47. The van der Waals surface area contributed by atoms with E-state index in [9.17, 15) is 32.6 Å². The number of alkyl halides is 1. The molecule has 1 amide bonds. The quantitative estimate of drug-likeness (QED) is 0.282. The molecule has 0 saturated carbocycles. The summed E-state index contributed by atoms with van der Waals surface area (Å²) in [4.78, 5) is 26.1. The average molecular weight is 617 g/mol. The number of fused-ring (bicyclic) bond motifs is 4. The number of rotatable bonds is 9. The van der Waals surface area contributed by atoms with Crippen LogP contribution < -0.4 is 14.5 Å². The van der Waals surface area contributed by atoms with E-state index in [0.717, 1.165) is 88.8 Å². The van der Waals surface area contributed by atoms with Crippen molar-refractivity contribution in [1.82, 2.24) is 4.90 Å². The highest BCUT2D eigenvalue weighted by atomic mass is 32.2. The number of carboxylic acids is 1. The summed E-state index contributed by atoms with van der Waals surface area (Å²) < 4.78 is 43.9. The van der Waals surface area contributed by atoms with E-state index in [1.807, 2.05) is 18.2 Å². The Morgan fingerprint density at radius 1 is 1.10 bits per heavy atom. The number of carboxylic acid groups (broad SMARTS) is 1. The Balaban J connectivity index is 1.17. The number of halogens is 1. The first-order valence-corrected chi connectivity index (χ1v) is 16.8. The number of nitrogens with zero attached hydrogens (tertiary/aromatic N) is 4. The molecule has 6 aliphatic heterocycles. The van der Waals surface area contributed by atoms with Gasteiger partial charge in [-0.15, -0.1) is 17.9 Å². The summed E-state index contributed by atoms with van der Waals surface area (Å²) >= 11 is 1.06. The molecule has 0 aliphatic carbocycles. The number of thioether (sulfide) groups is 1. The molecule has 6 aliphatic rings. The minimum Gasteiger partial charge on any atom is -0.852 e. The lowest BCUT2D eigenvalue weighted by Crippen LogP contribution is -2.75. The van der Waals surface area contributed by atoms with Crippen molar-refractivity contribution in [3.8, 4) is 0 Å². The van der Waals surface area contributed by atoms with Crippen LogP contribution in [-0.2, 0) is 26.0 Å². The molecule has 6 heterocycles. The number of hydrogen-bond donors (Lipinski definition) is 0. The second-order valence-electron chi connectivity index (χ2n) is 12.4. The van der Waals surface area contributed by atoms with E-state index in [2.05, 4.69) is 0 Å². The van der Waals surface area contributed by atoms with Gasteiger partial charge in [0.25, 0.3) is 10.0 Å². The molecule has 0 spiro atoms. The Hall–Kier alpha value is -2.71. The molecular formula is C29H33FN4O6S2. The van der Waals surface area contributed by atoms with Gasteiger partial charge in [0, 0.05) is 16.7 Å². The predicted molar refractivity (Wildman–Crippen MR) is 151 cm³/mol. The summed E-state index contributed by atoms with van der Waals surface area (Å²) in [5.74, 6) is -3.00. The van der Waals surface area contributed by atoms with E-state index in [0.29, 0.717) is 17.6 Å². The van der Waals surface area contributed by atoms with Gasteiger partial charge in [0.05, 0.1) is 46.6 Å². The number of sulfonamides is 1. The summed E-state index contributed by atoms with van der Waals surface area (Å²) in [6, 6.07) is 9.01. The minimum absolute atomic E-state index is 0.178. The van der Waals surface area contributed by atoms with E-state index in [-0.39, 0.29) is 28.7 Å². The number of quaternary nitrogens is 2. The highest BCUT2D eigenvalue weighted by Gasteiger charge is 2.55. The molecule has 4 saturated heterocycles. The van der Waals surface area contributed by atoms with Crippen molar-refractivity contribution in [2.24, 2.45) is 5.92 Å². The van der Waals surface area contributed by atoms with Crippen molar-refractivity contribution in [2.75, 3.05) is 69.9 Å². The van der Waals surface area contributed by atoms with Gasteiger partial charge in [-0.1, -0.05) is 25.1 Å². The van der Waals surface area contributed by atoms with Gasteiger partial charge in [-0.2, -0.15) is 0 Å². The number of benzene rings is 2. The third kappa shape index (κ3) is 3.97. The molecule has 2 aromatic rings. The molecule has 2 bridgehead atoms. The predicted octanol–water partition coefficient (Wildman–Crippen LogP) is -0.237. The van der Waals surface area contributed by atoms with Crippen molar-refractivity contribution in [3.05, 3.63) is 46.5 Å². The van der Waals surface area contributed by atoms with Crippen LogP contribution in [0.15, 0.2) is 45.8 Å². The molecule has 42 heavy (non-hydrogen) atoms. The smallest absolute Gasteiger partial charge is 0.265 e. The first-order chi connectivity index (χ1) is 20.0. The molecular weight excluding hydrogens is 583 g/mol. The van der Waals surface area contributed by atoms with E-state index in [1.165, 1.54) is 11.2 Å². The molecule has 10 nitrogen and oxygen atoms in total. The fraction of sp³-hybridized carbons (Fsp3) is 0.517. The van der Waals surface area contributed by atoms with Crippen LogP contribution in [0.2, 0.25) is 0 Å². The Bertz CT molecular complexity index is 1640. The molecule has 224 valence electrons. The van der Waals surface area contributed by atoms with Crippen LogP contribution in [0.5, 0.6) is 0 Å². The first-order valence-electron chi connectivity index (χ1n) is 14.4. The molecule has 0 aromatic heterocycles. The molecule has 2 aromatic carbocycles. The zero-order valence-corrected chi connectivity index (χ0v) is 25.0. The normalized spacial score (nSPS) is 31.5. The van der Waals surface area contributed by atoms with Crippen molar-refractivity contribution in [1.29, 1.82) is 0 Å². The van der Waals surface area contributed by atoms with Gasteiger partial charge in [-0.3, -0.25) is 14.0 Å². The third-order valence-corrected chi connectivity index (χ3v) is 13.5. The van der Waals surface area contributed by atoms with Crippen LogP contribution in [0.4, 0.5) is 10.1 Å². The van der Waals surface area contributed by atoms with Crippen molar-refractivity contribution >= 4 is 50.1 Å². The monoisotopic (exact) mass is 616 g/mol. The Kier molecular flexibility index (Phi) is 6.45. The standard InChI is InChI=1S/C29H33FN4O6S2/c1-18(35)24-27(36)32-26(29(37)38)22(41-28(24)32)17-31-21-4-2-3-20-19(5-6-23(25(20)21)42(31,39)40)7-9-33-11-14-34(10-8-30,15-12-33)16-13-33/h2-6,18,24,28H,7-17H2,1H3/t18-,24?,28?,33?,34?/m0/s1. The molecule has 3 atom stereocenters. The second kappa shape index (κ2) is 9.65. The maximum Gasteiger partial charge on any atom is 0.265 e. The Morgan fingerprint density at radius 2 is 1.76 bits per heavy atom. The summed E-state index contributed by atoms with van der Waals surface area (Å²) in [7, 11) is -4.00. The van der Waals surface area contributed by atoms with Crippen LogP contribution in [-0.4, -0.2) is 111 Å². The summed E-state index contributed by atoms with van der Waals surface area (Å²) in [5.41, 5.74) is 1.19. The van der Waals surface area contributed by atoms with E-state index in [1.54, 1.807) is 12.1 Å². The Morgan fingerprint density at radius 3 is 2.38 bits per heavy atom. The number of hydrogen-bond acceptors (Lipinski definition) is 7. The number of β-lactam (4-membered cyclic amide) rings is 1. The number of amides is 1. The highest BCUT2D eigenvalue weighted by molar-refractivity contribution is 8.04. The lowest BCUT2D eigenvalue weighted by atomic mass is 9.92. The molecule has 0 N–H and O–H groups in total. The van der Waals surface area contributed by atoms with E-state index in [4.69, 9.17) is 0 Å². The maximum atomic E-state index is 13.8. The van der Waals surface area contributed by atoms with Crippen LogP contribution in [0.25, 0.3) is 10.8 Å². The van der Waals surface area contributed by atoms with Crippen LogP contribution in [0.1, 0.15) is 12.5 Å². The molecule has 2 unspecified atom stereocenters. The lowest BCUT2D eigenvalue weighted by molar-refractivity contribution is -1.08. The van der Waals surface area contributed by atoms with Gasteiger partial charge in [-0.05, 0) is 23.1 Å². The van der Waals surface area contributed by atoms with Gasteiger partial charge in [-0.25, -0.2) is 12.8 Å². The number of carbonyl (C=O) groups excluding carboxylic acids is 2. The largest absolute Gasteiger partial charge is 0.852 e. The van der Waals surface area contributed by atoms with Crippen LogP contribution >= 0.6 is 11.8 Å². The second-order valence-corrected chi connectivity index (χ2v) is 15.4. The van der Waals surface area contributed by atoms with Crippen molar-refractivity contribution in [3.63, 3.8) is 0 Å². The first kappa shape index (κ1) is 28.1. The van der Waals surface area contributed by atoms with E-state index >= 15 is 0 Å². The minimum atomic E-state index is -4.00. The number of anilines is 1. The molecule has 0 radical (unpaired) electrons. The SMILES string of the molecule is C[C@H]([O-])C1C(=O)N2C(C(=O)[O-])=C(CN3c4cccc5c(CC[N+]67CC[N+](CCF)(CC6)CC7)ccc(c45)S3(=O)=O)SC12. The number of aliphatic carboxylic acids is 1. The van der Waals surface area contributed by atoms with Gasteiger partial charge in [0.15, 0.2) is 0 Å². The lowest BCUT2D eigenvalue weighted by Gasteiger charge is -2.55. The number of carbonyl (C=O) groups is 2. The zero-order valence-electron chi connectivity index (χ0n) is 23.3. The topological polar surface area (TPSA) is 121 Å². The average Bonchev–Trinajstić information content (AvgIpc) is 3.39.